The smallest absolute Gasteiger partial charge is 0.305 e. The number of carbonyl (C=O) groups is 2. The first-order valence-corrected chi connectivity index (χ1v) is 7.25. The Morgan fingerprint density at radius 3 is 2.75 bits per heavy atom. The molecule has 0 bridgehead atoms. The van der Waals surface area contributed by atoms with Gasteiger partial charge >= 0.3 is 5.97 Å². The summed E-state index contributed by atoms with van der Waals surface area (Å²) in [6.07, 6.45) is 1.86. The molecule has 1 aliphatic carbocycles. The summed E-state index contributed by atoms with van der Waals surface area (Å²) in [6, 6.07) is 7.45. The van der Waals surface area contributed by atoms with Gasteiger partial charge in [0.05, 0.1) is 6.42 Å². The second-order valence-electron chi connectivity index (χ2n) is 4.71. The minimum Gasteiger partial charge on any atom is -0.484 e. The maximum Gasteiger partial charge on any atom is 0.305 e. The van der Waals surface area contributed by atoms with Crippen LogP contribution in [0.3, 0.4) is 0 Å². The Hall–Kier alpha value is -1.56. The van der Waals surface area contributed by atoms with E-state index in [1.165, 1.54) is 0 Å². The molecule has 1 fully saturated rings. The second-order valence-corrected chi connectivity index (χ2v) is 5.62. The topological polar surface area (TPSA) is 66.8 Å². The quantitative estimate of drug-likeness (QED) is 0.826. The molecular weight excluding hydrogens is 326 g/mol. The number of rotatable bonds is 7. The maximum atomic E-state index is 12.1. The summed E-state index contributed by atoms with van der Waals surface area (Å²) >= 11 is 3.33. The van der Waals surface area contributed by atoms with E-state index in [0.717, 1.165) is 17.3 Å². The lowest BCUT2D eigenvalue weighted by Gasteiger charge is -2.21. The van der Waals surface area contributed by atoms with Crippen LogP contribution in [0.1, 0.15) is 19.3 Å². The van der Waals surface area contributed by atoms with Crippen molar-refractivity contribution >= 4 is 27.8 Å². The fraction of sp³-hybridized carbons (Fsp3) is 0.429. The summed E-state index contributed by atoms with van der Waals surface area (Å²) in [5.74, 6) is -0.438. The van der Waals surface area contributed by atoms with Gasteiger partial charge in [0, 0.05) is 17.1 Å². The third-order valence-corrected chi connectivity index (χ3v) is 3.53. The SMILES string of the molecule is O=C(O)CCN(C(=O)COc1cccc(Br)c1)C1CC1. The lowest BCUT2D eigenvalue weighted by atomic mass is 10.3. The minimum absolute atomic E-state index is 0.0286. The number of carbonyl (C=O) groups excluding carboxylic acids is 1. The fourth-order valence-electron chi connectivity index (χ4n) is 1.90. The van der Waals surface area contributed by atoms with Gasteiger partial charge in [-0.05, 0) is 31.0 Å². The van der Waals surface area contributed by atoms with Gasteiger partial charge in [-0.1, -0.05) is 22.0 Å². The monoisotopic (exact) mass is 341 g/mol. The number of halogens is 1. The van der Waals surface area contributed by atoms with Crippen molar-refractivity contribution in [1.29, 1.82) is 0 Å². The average Bonchev–Trinajstić information content (AvgIpc) is 3.21. The van der Waals surface area contributed by atoms with E-state index >= 15 is 0 Å². The molecule has 0 radical (unpaired) electrons. The second kappa shape index (κ2) is 6.74. The van der Waals surface area contributed by atoms with Gasteiger partial charge in [0.1, 0.15) is 5.75 Å². The van der Waals surface area contributed by atoms with E-state index in [2.05, 4.69) is 15.9 Å². The molecule has 0 aromatic heterocycles. The molecule has 0 aliphatic heterocycles. The molecule has 1 aromatic rings. The summed E-state index contributed by atoms with van der Waals surface area (Å²) in [5.41, 5.74) is 0. The van der Waals surface area contributed by atoms with Crippen molar-refractivity contribution in [3.63, 3.8) is 0 Å². The van der Waals surface area contributed by atoms with E-state index < -0.39 is 5.97 Å². The number of carboxylic acids is 1. The largest absolute Gasteiger partial charge is 0.484 e. The van der Waals surface area contributed by atoms with E-state index in [0.29, 0.717) is 5.75 Å². The molecule has 0 atom stereocenters. The summed E-state index contributed by atoms with van der Waals surface area (Å²) in [7, 11) is 0. The zero-order chi connectivity index (χ0) is 14.5. The van der Waals surface area contributed by atoms with Crippen LogP contribution in [-0.4, -0.2) is 41.1 Å². The summed E-state index contributed by atoms with van der Waals surface area (Å²) in [4.78, 5) is 24.3. The highest BCUT2D eigenvalue weighted by Gasteiger charge is 2.32. The third-order valence-electron chi connectivity index (χ3n) is 3.03. The zero-order valence-corrected chi connectivity index (χ0v) is 12.5. The van der Waals surface area contributed by atoms with E-state index in [9.17, 15) is 9.59 Å². The number of aliphatic carboxylic acids is 1. The number of hydrogen-bond acceptors (Lipinski definition) is 3. The van der Waals surface area contributed by atoms with Crippen molar-refractivity contribution in [2.75, 3.05) is 13.2 Å². The minimum atomic E-state index is -0.892. The molecule has 1 amide bonds. The summed E-state index contributed by atoms with van der Waals surface area (Å²) in [5, 5.41) is 8.71. The lowest BCUT2D eigenvalue weighted by molar-refractivity contribution is -0.139. The predicted octanol–water partition coefficient (Wildman–Crippen LogP) is 2.29. The highest BCUT2D eigenvalue weighted by Crippen LogP contribution is 2.27. The van der Waals surface area contributed by atoms with Crippen LogP contribution < -0.4 is 4.74 Å². The highest BCUT2D eigenvalue weighted by molar-refractivity contribution is 9.10. The van der Waals surface area contributed by atoms with Crippen LogP contribution >= 0.6 is 15.9 Å². The van der Waals surface area contributed by atoms with Crippen LogP contribution in [0, 0.1) is 0 Å². The van der Waals surface area contributed by atoms with Crippen LogP contribution in [0.5, 0.6) is 5.75 Å². The molecule has 0 heterocycles. The molecule has 2 rings (SSSR count). The number of benzene rings is 1. The van der Waals surface area contributed by atoms with Crippen LogP contribution in [0.15, 0.2) is 28.7 Å². The van der Waals surface area contributed by atoms with Gasteiger partial charge in [-0.15, -0.1) is 0 Å². The number of carboxylic acid groups (broad SMARTS) is 1. The molecule has 6 heteroatoms. The lowest BCUT2D eigenvalue weighted by Crippen LogP contribution is -2.38. The molecule has 0 spiro atoms. The highest BCUT2D eigenvalue weighted by atomic mass is 79.9. The Balaban J connectivity index is 1.86. The van der Waals surface area contributed by atoms with E-state index in [1.807, 2.05) is 12.1 Å². The van der Waals surface area contributed by atoms with Crippen molar-refractivity contribution in [2.45, 2.75) is 25.3 Å². The normalized spacial score (nSPS) is 13.8. The van der Waals surface area contributed by atoms with Crippen LogP contribution in [-0.2, 0) is 9.59 Å². The Labute approximate surface area is 125 Å². The zero-order valence-electron chi connectivity index (χ0n) is 10.9. The maximum absolute atomic E-state index is 12.1. The molecular formula is C14H16BrNO4. The molecule has 1 N–H and O–H groups in total. The molecule has 0 unspecified atom stereocenters. The molecule has 5 nitrogen and oxygen atoms in total. The Bertz CT molecular complexity index is 502. The number of nitrogens with zero attached hydrogens (tertiary/aromatic N) is 1. The fourth-order valence-corrected chi connectivity index (χ4v) is 2.28. The first-order chi connectivity index (χ1) is 9.56. The Morgan fingerprint density at radius 1 is 1.40 bits per heavy atom. The number of ether oxygens (including phenoxy) is 1. The predicted molar refractivity (Wildman–Crippen MR) is 76.6 cm³/mol. The van der Waals surface area contributed by atoms with E-state index in [1.54, 1.807) is 17.0 Å². The average molecular weight is 342 g/mol. The van der Waals surface area contributed by atoms with Gasteiger partial charge in [-0.3, -0.25) is 9.59 Å². The van der Waals surface area contributed by atoms with Gasteiger partial charge in [-0.2, -0.15) is 0 Å². The van der Waals surface area contributed by atoms with Crippen LogP contribution in [0.4, 0.5) is 0 Å². The summed E-state index contributed by atoms with van der Waals surface area (Å²) < 4.78 is 6.33. The molecule has 20 heavy (non-hydrogen) atoms. The Kier molecular flexibility index (Phi) is 5.00. The third kappa shape index (κ3) is 4.52. The molecule has 0 saturated heterocycles. The Morgan fingerprint density at radius 2 is 2.15 bits per heavy atom. The molecule has 1 saturated carbocycles. The molecule has 1 aliphatic rings. The van der Waals surface area contributed by atoms with Gasteiger partial charge in [0.25, 0.3) is 5.91 Å². The molecule has 108 valence electrons. The van der Waals surface area contributed by atoms with Crippen molar-refractivity contribution in [2.24, 2.45) is 0 Å². The van der Waals surface area contributed by atoms with Gasteiger partial charge in [0.2, 0.25) is 0 Å². The van der Waals surface area contributed by atoms with Gasteiger partial charge in [-0.25, -0.2) is 0 Å². The number of hydrogen-bond donors (Lipinski definition) is 1. The molecule has 1 aromatic carbocycles. The van der Waals surface area contributed by atoms with Crippen molar-refractivity contribution in [1.82, 2.24) is 4.90 Å². The van der Waals surface area contributed by atoms with Gasteiger partial charge in [0.15, 0.2) is 6.61 Å². The van der Waals surface area contributed by atoms with Crippen LogP contribution in [0.25, 0.3) is 0 Å². The van der Waals surface area contributed by atoms with Crippen molar-refractivity contribution in [3.05, 3.63) is 28.7 Å². The van der Waals surface area contributed by atoms with Crippen molar-refractivity contribution < 1.29 is 19.4 Å². The van der Waals surface area contributed by atoms with Gasteiger partial charge < -0.3 is 14.7 Å². The number of amides is 1. The first kappa shape index (κ1) is 14.8. The van der Waals surface area contributed by atoms with Crippen LogP contribution in [0.2, 0.25) is 0 Å². The summed E-state index contributed by atoms with van der Waals surface area (Å²) in [6.45, 7) is 0.188. The van der Waals surface area contributed by atoms with E-state index in [4.69, 9.17) is 9.84 Å². The standard InChI is InChI=1S/C14H16BrNO4/c15-10-2-1-3-12(8-10)20-9-13(17)16(11-4-5-11)7-6-14(18)19/h1-3,8,11H,4-7,9H2,(H,18,19). The van der Waals surface area contributed by atoms with E-state index in [-0.39, 0.29) is 31.5 Å². The van der Waals surface area contributed by atoms with Crippen molar-refractivity contribution in [3.8, 4) is 5.75 Å². The first-order valence-electron chi connectivity index (χ1n) is 6.46.